The molecule has 0 aliphatic carbocycles. The molecule has 1 heterocycles. The van der Waals surface area contributed by atoms with E-state index in [0.717, 1.165) is 5.56 Å². The van der Waals surface area contributed by atoms with Crippen LogP contribution in [0.3, 0.4) is 0 Å². The summed E-state index contributed by atoms with van der Waals surface area (Å²) < 4.78 is 11.7. The number of hydrogen-bond acceptors (Lipinski definition) is 4. The molecule has 0 saturated heterocycles. The molecular weight excluding hydrogens is 258 g/mol. The average molecular weight is 276 g/mol. The third-order valence-electron chi connectivity index (χ3n) is 2.32. The van der Waals surface area contributed by atoms with Crippen molar-refractivity contribution in [3.63, 3.8) is 0 Å². The van der Waals surface area contributed by atoms with Gasteiger partial charge in [-0.1, -0.05) is 30.3 Å². The zero-order chi connectivity index (χ0) is 14.6. The van der Waals surface area contributed by atoms with Gasteiger partial charge in [0.15, 0.2) is 0 Å². The van der Waals surface area contributed by atoms with Crippen LogP contribution in [0.4, 0.5) is 10.7 Å². The van der Waals surface area contributed by atoms with E-state index in [0.29, 0.717) is 6.54 Å². The van der Waals surface area contributed by atoms with Crippen molar-refractivity contribution in [2.45, 2.75) is 32.9 Å². The molecule has 0 fully saturated rings. The van der Waals surface area contributed by atoms with Gasteiger partial charge in [0.1, 0.15) is 5.60 Å². The summed E-state index contributed by atoms with van der Waals surface area (Å²) in [6, 6.07) is 9.84. The highest BCUT2D eigenvalue weighted by atomic mass is 16.6. The quantitative estimate of drug-likeness (QED) is 0.874. The number of ether oxygens (including phenoxy) is 1. The maximum Gasteiger partial charge on any atom is 0.414 e. The number of aromatic nitrogens is 2. The maximum absolute atomic E-state index is 11.6. The van der Waals surface area contributed by atoms with Crippen molar-refractivity contribution in [1.29, 1.82) is 0 Å². The van der Waals surface area contributed by atoms with Crippen molar-refractivity contribution in [3.05, 3.63) is 42.1 Å². The summed E-state index contributed by atoms with van der Waals surface area (Å²) in [5, 5.41) is 6.33. The Balaban J connectivity index is 1.94. The summed E-state index contributed by atoms with van der Waals surface area (Å²) in [4.78, 5) is 11.6. The predicted molar refractivity (Wildman–Crippen MR) is 72.1 cm³/mol. The van der Waals surface area contributed by atoms with E-state index in [4.69, 9.17) is 9.26 Å². The second kappa shape index (κ2) is 5.73. The van der Waals surface area contributed by atoms with Crippen molar-refractivity contribution < 1.29 is 18.7 Å². The Kier molecular flexibility index (Phi) is 4.02. The SMILES string of the molecule is CC(C)(C)OC(=O)Nc1c[n+](Cc2ccccc2)no1. The van der Waals surface area contributed by atoms with Gasteiger partial charge in [0.2, 0.25) is 11.8 Å². The van der Waals surface area contributed by atoms with Gasteiger partial charge in [-0.3, -0.25) is 9.84 Å². The molecule has 0 aliphatic rings. The van der Waals surface area contributed by atoms with Crippen LogP contribution in [0.1, 0.15) is 26.3 Å². The molecule has 0 saturated carbocycles. The normalized spacial score (nSPS) is 11.2. The number of carbonyl (C=O) groups excluding carboxylic acids is 1. The second-order valence-corrected chi connectivity index (χ2v) is 5.38. The summed E-state index contributed by atoms with van der Waals surface area (Å²) >= 11 is 0. The van der Waals surface area contributed by atoms with Gasteiger partial charge >= 0.3 is 12.0 Å². The lowest BCUT2D eigenvalue weighted by Crippen LogP contribution is -2.35. The van der Waals surface area contributed by atoms with Gasteiger partial charge in [-0.25, -0.2) is 4.79 Å². The standard InChI is InChI=1S/C14H17N3O3/c1-14(2,3)19-13(18)15-12-10-17(16-20-12)9-11-7-5-4-6-8-11/h4-8,10H,9H2,1-3H3/p+1. The molecule has 0 radical (unpaired) electrons. The summed E-state index contributed by atoms with van der Waals surface area (Å²) in [5.74, 6) is 0.246. The zero-order valence-electron chi connectivity index (χ0n) is 11.8. The average Bonchev–Trinajstić information content (AvgIpc) is 2.75. The minimum absolute atomic E-state index is 0.246. The Morgan fingerprint density at radius 1 is 1.35 bits per heavy atom. The van der Waals surface area contributed by atoms with Crippen molar-refractivity contribution in [2.75, 3.05) is 5.32 Å². The third-order valence-corrected chi connectivity index (χ3v) is 2.32. The Hall–Kier alpha value is -2.37. The fraction of sp³-hybridized carbons (Fsp3) is 0.357. The molecule has 0 spiro atoms. The van der Waals surface area contributed by atoms with E-state index in [1.54, 1.807) is 31.6 Å². The first kappa shape index (κ1) is 14.0. The second-order valence-electron chi connectivity index (χ2n) is 5.38. The van der Waals surface area contributed by atoms with Crippen LogP contribution in [0, 0.1) is 0 Å². The van der Waals surface area contributed by atoms with Gasteiger partial charge in [0, 0.05) is 5.56 Å². The highest BCUT2D eigenvalue weighted by molar-refractivity contribution is 5.82. The van der Waals surface area contributed by atoms with Crippen LogP contribution in [-0.2, 0) is 11.3 Å². The summed E-state index contributed by atoms with van der Waals surface area (Å²) in [7, 11) is 0. The molecule has 6 heteroatoms. The predicted octanol–water partition coefficient (Wildman–Crippen LogP) is 2.36. The molecule has 6 nitrogen and oxygen atoms in total. The molecule has 106 valence electrons. The highest BCUT2D eigenvalue weighted by Gasteiger charge is 2.19. The summed E-state index contributed by atoms with van der Waals surface area (Å²) in [6.07, 6.45) is 1.04. The van der Waals surface area contributed by atoms with E-state index < -0.39 is 11.7 Å². The molecule has 2 rings (SSSR count). The molecule has 2 aromatic rings. The smallest absolute Gasteiger partial charge is 0.414 e. The van der Waals surface area contributed by atoms with Crippen molar-refractivity contribution in [2.24, 2.45) is 0 Å². The van der Waals surface area contributed by atoms with Crippen molar-refractivity contribution >= 4 is 12.0 Å². The van der Waals surface area contributed by atoms with Crippen LogP contribution in [0.15, 0.2) is 41.1 Å². The largest absolute Gasteiger partial charge is 0.444 e. The van der Waals surface area contributed by atoms with E-state index in [9.17, 15) is 4.79 Å². The molecule has 0 unspecified atom stereocenters. The van der Waals surface area contributed by atoms with Crippen LogP contribution in [0.25, 0.3) is 0 Å². The highest BCUT2D eigenvalue weighted by Crippen LogP contribution is 2.09. The van der Waals surface area contributed by atoms with E-state index in [2.05, 4.69) is 10.6 Å². The van der Waals surface area contributed by atoms with Gasteiger partial charge in [-0.15, -0.1) is 0 Å². The van der Waals surface area contributed by atoms with Gasteiger partial charge in [-0.05, 0) is 25.5 Å². The number of rotatable bonds is 3. The lowest BCUT2D eigenvalue weighted by Gasteiger charge is -2.18. The Morgan fingerprint density at radius 2 is 2.05 bits per heavy atom. The van der Waals surface area contributed by atoms with Crippen LogP contribution >= 0.6 is 0 Å². The molecule has 1 amide bonds. The van der Waals surface area contributed by atoms with E-state index in [1.807, 2.05) is 30.3 Å². The fourth-order valence-corrected chi connectivity index (χ4v) is 1.58. The minimum atomic E-state index is -0.569. The monoisotopic (exact) mass is 276 g/mol. The summed E-state index contributed by atoms with van der Waals surface area (Å²) in [5.41, 5.74) is 0.541. The van der Waals surface area contributed by atoms with E-state index in [1.165, 1.54) is 0 Å². The number of nitrogens with zero attached hydrogens (tertiary/aromatic N) is 2. The number of amides is 1. The first-order valence-electron chi connectivity index (χ1n) is 6.33. The van der Waals surface area contributed by atoms with E-state index >= 15 is 0 Å². The molecule has 0 aliphatic heterocycles. The summed E-state index contributed by atoms with van der Waals surface area (Å²) in [6.45, 7) is 5.95. The zero-order valence-corrected chi connectivity index (χ0v) is 11.8. The molecule has 20 heavy (non-hydrogen) atoms. The molecule has 1 N–H and O–H groups in total. The van der Waals surface area contributed by atoms with Crippen LogP contribution in [-0.4, -0.2) is 17.0 Å². The van der Waals surface area contributed by atoms with E-state index in [-0.39, 0.29) is 5.88 Å². The Bertz CT molecular complexity index is 573. The first-order valence-corrected chi connectivity index (χ1v) is 6.33. The molecule has 1 aromatic carbocycles. The van der Waals surface area contributed by atoms with Gasteiger partial charge in [0.05, 0.1) is 0 Å². The maximum atomic E-state index is 11.6. The lowest BCUT2D eigenvalue weighted by atomic mass is 10.2. The number of carbonyl (C=O) groups is 1. The number of benzene rings is 1. The van der Waals surface area contributed by atoms with Crippen LogP contribution in [0.5, 0.6) is 0 Å². The van der Waals surface area contributed by atoms with Crippen LogP contribution < -0.4 is 10.00 Å². The van der Waals surface area contributed by atoms with Gasteiger partial charge < -0.3 is 4.74 Å². The fourth-order valence-electron chi connectivity index (χ4n) is 1.58. The lowest BCUT2D eigenvalue weighted by molar-refractivity contribution is -0.754. The third kappa shape index (κ3) is 4.38. The first-order chi connectivity index (χ1) is 9.42. The minimum Gasteiger partial charge on any atom is -0.444 e. The molecule has 1 aromatic heterocycles. The molecular formula is C14H18N3O3+. The number of nitrogens with one attached hydrogen (secondary N) is 1. The Morgan fingerprint density at radius 3 is 2.70 bits per heavy atom. The van der Waals surface area contributed by atoms with Gasteiger partial charge in [0.25, 0.3) is 6.20 Å². The number of anilines is 1. The van der Waals surface area contributed by atoms with Gasteiger partial charge in [-0.2, -0.15) is 0 Å². The number of hydrogen-bond donors (Lipinski definition) is 1. The molecule has 0 atom stereocenters. The van der Waals surface area contributed by atoms with Crippen LogP contribution in [0.2, 0.25) is 0 Å². The topological polar surface area (TPSA) is 68.2 Å². The van der Waals surface area contributed by atoms with Crippen molar-refractivity contribution in [3.8, 4) is 0 Å². The van der Waals surface area contributed by atoms with Crippen molar-refractivity contribution in [1.82, 2.24) is 5.27 Å². The molecule has 0 bridgehead atoms. The Labute approximate surface area is 117 Å².